The topological polar surface area (TPSA) is 53.7 Å². The molecule has 0 amide bonds. The van der Waals surface area contributed by atoms with Gasteiger partial charge in [0.1, 0.15) is 5.82 Å². The molecular weight excluding hydrogens is 264 g/mol. The maximum Gasteiger partial charge on any atom is 0.160 e. The first kappa shape index (κ1) is 14.3. The first-order valence-corrected chi connectivity index (χ1v) is 7.85. The van der Waals surface area contributed by atoms with Crippen LogP contribution in [0.2, 0.25) is 0 Å². The van der Waals surface area contributed by atoms with Gasteiger partial charge in [-0.05, 0) is 39.0 Å². The Morgan fingerprint density at radius 1 is 1.29 bits per heavy atom. The number of anilines is 1. The summed E-state index contributed by atoms with van der Waals surface area (Å²) in [5, 5.41) is 14.0. The molecule has 1 aliphatic rings. The van der Waals surface area contributed by atoms with Crippen LogP contribution in [0.1, 0.15) is 36.7 Å². The molecule has 0 spiro atoms. The van der Waals surface area contributed by atoms with Crippen LogP contribution in [0.5, 0.6) is 0 Å². The van der Waals surface area contributed by atoms with Crippen molar-refractivity contribution < 1.29 is 5.11 Å². The smallest absolute Gasteiger partial charge is 0.160 e. The average molecular weight is 288 g/mol. The fourth-order valence-corrected chi connectivity index (χ4v) is 3.01. The summed E-state index contributed by atoms with van der Waals surface area (Å²) in [6.07, 6.45) is 3.02. The lowest BCUT2D eigenvalue weighted by Crippen LogP contribution is -2.36. The van der Waals surface area contributed by atoms with Gasteiger partial charge < -0.3 is 10.0 Å². The zero-order valence-corrected chi connectivity index (χ0v) is 13.1. The Kier molecular flexibility index (Phi) is 3.85. The molecule has 0 aromatic carbocycles. The number of hydrogen-bond acceptors (Lipinski definition) is 4. The number of aliphatic hydroxyl groups excluding tert-OH is 1. The number of aromatic nitrogens is 3. The van der Waals surface area contributed by atoms with Crippen molar-refractivity contribution in [1.29, 1.82) is 0 Å². The van der Waals surface area contributed by atoms with Gasteiger partial charge in [0.15, 0.2) is 5.65 Å². The third-order valence-electron chi connectivity index (χ3n) is 4.65. The molecule has 1 saturated heterocycles. The highest BCUT2D eigenvalue weighted by Gasteiger charge is 2.22. The number of aliphatic hydroxyl groups is 1. The summed E-state index contributed by atoms with van der Waals surface area (Å²) in [4.78, 5) is 7.12. The summed E-state index contributed by atoms with van der Waals surface area (Å²) in [6.45, 7) is 8.53. The predicted molar refractivity (Wildman–Crippen MR) is 83.9 cm³/mol. The standard InChI is InChI=1S/C16H24N4O/c1-4-14-9-15(19-7-5-13(10-21)6-8-19)20-16(17-14)11(2)12(3)18-20/h9,13,21H,4-8,10H2,1-3H3. The monoisotopic (exact) mass is 288 g/mol. The molecule has 5 heteroatoms. The fourth-order valence-electron chi connectivity index (χ4n) is 3.01. The van der Waals surface area contributed by atoms with Crippen LogP contribution >= 0.6 is 0 Å². The molecule has 3 rings (SSSR count). The molecule has 0 saturated carbocycles. The van der Waals surface area contributed by atoms with Gasteiger partial charge in [-0.2, -0.15) is 9.61 Å². The molecule has 3 heterocycles. The van der Waals surface area contributed by atoms with Crippen LogP contribution in [0.4, 0.5) is 5.82 Å². The third kappa shape index (κ3) is 2.50. The lowest BCUT2D eigenvalue weighted by Gasteiger charge is -2.33. The van der Waals surface area contributed by atoms with Gasteiger partial charge >= 0.3 is 0 Å². The van der Waals surface area contributed by atoms with E-state index in [0.717, 1.165) is 60.8 Å². The molecule has 0 bridgehead atoms. The van der Waals surface area contributed by atoms with Crippen molar-refractivity contribution >= 4 is 11.5 Å². The second-order valence-electron chi connectivity index (χ2n) is 6.02. The van der Waals surface area contributed by atoms with Gasteiger partial charge in [0, 0.05) is 37.0 Å². The van der Waals surface area contributed by atoms with Gasteiger partial charge in [-0.15, -0.1) is 0 Å². The van der Waals surface area contributed by atoms with Gasteiger partial charge in [0.2, 0.25) is 0 Å². The van der Waals surface area contributed by atoms with E-state index in [1.54, 1.807) is 0 Å². The minimum absolute atomic E-state index is 0.305. The minimum Gasteiger partial charge on any atom is -0.396 e. The number of hydrogen-bond donors (Lipinski definition) is 1. The van der Waals surface area contributed by atoms with E-state index in [1.807, 2.05) is 11.4 Å². The normalized spacial score (nSPS) is 16.9. The molecule has 1 N–H and O–H groups in total. The Morgan fingerprint density at radius 3 is 2.62 bits per heavy atom. The lowest BCUT2D eigenvalue weighted by molar-refractivity contribution is 0.202. The summed E-state index contributed by atoms with van der Waals surface area (Å²) >= 11 is 0. The van der Waals surface area contributed by atoms with E-state index in [4.69, 9.17) is 4.98 Å². The highest BCUT2D eigenvalue weighted by Crippen LogP contribution is 2.26. The number of aryl methyl sites for hydroxylation is 3. The quantitative estimate of drug-likeness (QED) is 0.940. The van der Waals surface area contributed by atoms with Crippen molar-refractivity contribution in [1.82, 2.24) is 14.6 Å². The largest absolute Gasteiger partial charge is 0.396 e. The minimum atomic E-state index is 0.305. The van der Waals surface area contributed by atoms with Gasteiger partial charge in [-0.1, -0.05) is 6.92 Å². The number of fused-ring (bicyclic) bond motifs is 1. The molecule has 0 unspecified atom stereocenters. The van der Waals surface area contributed by atoms with Crippen molar-refractivity contribution in [2.75, 3.05) is 24.6 Å². The molecule has 0 aliphatic carbocycles. The van der Waals surface area contributed by atoms with Crippen molar-refractivity contribution in [2.24, 2.45) is 5.92 Å². The Hall–Kier alpha value is -1.62. The Bertz CT molecular complexity index is 641. The van der Waals surface area contributed by atoms with E-state index < -0.39 is 0 Å². The van der Waals surface area contributed by atoms with Crippen molar-refractivity contribution in [3.05, 3.63) is 23.0 Å². The molecular formula is C16H24N4O. The first-order chi connectivity index (χ1) is 10.1. The van der Waals surface area contributed by atoms with Crippen LogP contribution in [0, 0.1) is 19.8 Å². The second-order valence-corrected chi connectivity index (χ2v) is 6.02. The Morgan fingerprint density at radius 2 is 2.00 bits per heavy atom. The SMILES string of the molecule is CCc1cc(N2CCC(CO)CC2)n2nc(C)c(C)c2n1. The van der Waals surface area contributed by atoms with Crippen LogP contribution < -0.4 is 4.90 Å². The molecule has 114 valence electrons. The average Bonchev–Trinajstić information content (AvgIpc) is 2.82. The summed E-state index contributed by atoms with van der Waals surface area (Å²) in [5.41, 5.74) is 4.30. The van der Waals surface area contributed by atoms with E-state index in [0.29, 0.717) is 12.5 Å². The highest BCUT2D eigenvalue weighted by molar-refractivity contribution is 5.57. The first-order valence-electron chi connectivity index (χ1n) is 7.85. The van der Waals surface area contributed by atoms with Gasteiger partial charge in [0.05, 0.1) is 5.69 Å². The number of nitrogens with zero attached hydrogens (tertiary/aromatic N) is 4. The van der Waals surface area contributed by atoms with Crippen LogP contribution in [0.3, 0.4) is 0 Å². The molecule has 21 heavy (non-hydrogen) atoms. The van der Waals surface area contributed by atoms with E-state index in [1.165, 1.54) is 0 Å². The Balaban J connectivity index is 2.03. The fraction of sp³-hybridized carbons (Fsp3) is 0.625. The summed E-state index contributed by atoms with van der Waals surface area (Å²) in [6, 6.07) is 2.16. The molecule has 0 radical (unpaired) electrons. The van der Waals surface area contributed by atoms with Gasteiger partial charge in [0.25, 0.3) is 0 Å². The number of rotatable bonds is 3. The molecule has 5 nitrogen and oxygen atoms in total. The van der Waals surface area contributed by atoms with Crippen LogP contribution in [-0.4, -0.2) is 39.4 Å². The highest BCUT2D eigenvalue weighted by atomic mass is 16.3. The van der Waals surface area contributed by atoms with E-state index in [-0.39, 0.29) is 0 Å². The zero-order valence-electron chi connectivity index (χ0n) is 13.1. The van der Waals surface area contributed by atoms with Crippen molar-refractivity contribution in [2.45, 2.75) is 40.0 Å². The molecule has 1 aliphatic heterocycles. The van der Waals surface area contributed by atoms with Crippen LogP contribution in [-0.2, 0) is 6.42 Å². The van der Waals surface area contributed by atoms with Crippen LogP contribution in [0.15, 0.2) is 6.07 Å². The second kappa shape index (κ2) is 5.64. The summed E-state index contributed by atoms with van der Waals surface area (Å²) < 4.78 is 1.99. The predicted octanol–water partition coefficient (Wildman–Crippen LogP) is 2.12. The lowest BCUT2D eigenvalue weighted by atomic mass is 9.98. The summed E-state index contributed by atoms with van der Waals surface area (Å²) in [5.74, 6) is 1.59. The zero-order chi connectivity index (χ0) is 15.0. The van der Waals surface area contributed by atoms with E-state index >= 15 is 0 Å². The summed E-state index contributed by atoms with van der Waals surface area (Å²) in [7, 11) is 0. The van der Waals surface area contributed by atoms with E-state index in [2.05, 4.69) is 29.9 Å². The van der Waals surface area contributed by atoms with Crippen molar-refractivity contribution in [3.8, 4) is 0 Å². The number of piperidine rings is 1. The van der Waals surface area contributed by atoms with Gasteiger partial charge in [-0.25, -0.2) is 4.98 Å². The van der Waals surface area contributed by atoms with E-state index in [9.17, 15) is 5.11 Å². The Labute approximate surface area is 125 Å². The van der Waals surface area contributed by atoms with Crippen LogP contribution in [0.25, 0.3) is 5.65 Å². The maximum atomic E-state index is 9.30. The maximum absolute atomic E-state index is 9.30. The van der Waals surface area contributed by atoms with Gasteiger partial charge in [-0.3, -0.25) is 0 Å². The molecule has 2 aromatic heterocycles. The molecule has 1 fully saturated rings. The molecule has 2 aromatic rings. The molecule has 0 atom stereocenters. The third-order valence-corrected chi connectivity index (χ3v) is 4.65. The van der Waals surface area contributed by atoms with Crippen molar-refractivity contribution in [3.63, 3.8) is 0 Å².